The molecule has 0 bridgehead atoms. The summed E-state index contributed by atoms with van der Waals surface area (Å²) >= 11 is 1.31. The van der Waals surface area contributed by atoms with Crippen LogP contribution in [0.4, 0.5) is 5.69 Å². The van der Waals surface area contributed by atoms with Crippen LogP contribution < -0.4 is 5.73 Å². The molecular formula is C15H17ClN4O3S. The quantitative estimate of drug-likeness (QED) is 0.662. The number of halogens is 1. The number of rotatable bonds is 3. The SMILES string of the molecule is Cl.NC1CCN(C(=O)c2csc(-c3cccc([N+](=O)[O-])c3)n2)CC1. The number of piperidine rings is 1. The molecule has 1 saturated heterocycles. The van der Waals surface area contributed by atoms with Gasteiger partial charge in [-0.2, -0.15) is 0 Å². The zero-order valence-electron chi connectivity index (χ0n) is 12.8. The molecule has 128 valence electrons. The largest absolute Gasteiger partial charge is 0.337 e. The summed E-state index contributed by atoms with van der Waals surface area (Å²) in [7, 11) is 0. The highest BCUT2D eigenvalue weighted by atomic mass is 35.5. The number of hydrogen-bond acceptors (Lipinski definition) is 6. The van der Waals surface area contributed by atoms with Crippen molar-refractivity contribution in [2.45, 2.75) is 18.9 Å². The molecular weight excluding hydrogens is 352 g/mol. The highest BCUT2D eigenvalue weighted by Gasteiger charge is 2.23. The Balaban J connectivity index is 0.00000208. The van der Waals surface area contributed by atoms with Gasteiger partial charge in [-0.1, -0.05) is 12.1 Å². The molecule has 0 saturated carbocycles. The van der Waals surface area contributed by atoms with Crippen LogP contribution in [0.5, 0.6) is 0 Å². The van der Waals surface area contributed by atoms with E-state index in [9.17, 15) is 14.9 Å². The fourth-order valence-corrected chi connectivity index (χ4v) is 3.31. The first-order valence-corrected chi connectivity index (χ1v) is 8.18. The van der Waals surface area contributed by atoms with Crippen LogP contribution in [-0.2, 0) is 0 Å². The number of benzene rings is 1. The molecule has 0 aliphatic carbocycles. The minimum Gasteiger partial charge on any atom is -0.337 e. The lowest BCUT2D eigenvalue weighted by molar-refractivity contribution is -0.384. The number of nitro groups is 1. The molecule has 1 fully saturated rings. The summed E-state index contributed by atoms with van der Waals surface area (Å²) in [5, 5.41) is 13.2. The Bertz CT molecular complexity index is 744. The third kappa shape index (κ3) is 3.89. The predicted octanol–water partition coefficient (Wildman–Crippen LogP) is 2.70. The van der Waals surface area contributed by atoms with Crippen molar-refractivity contribution >= 4 is 35.3 Å². The molecule has 7 nitrogen and oxygen atoms in total. The summed E-state index contributed by atoms with van der Waals surface area (Å²) in [5.74, 6) is -0.107. The molecule has 24 heavy (non-hydrogen) atoms. The van der Waals surface area contributed by atoms with E-state index in [1.54, 1.807) is 22.4 Å². The van der Waals surface area contributed by atoms with Gasteiger partial charge in [-0.05, 0) is 12.8 Å². The number of non-ortho nitro benzene ring substituents is 1. The van der Waals surface area contributed by atoms with Crippen molar-refractivity contribution < 1.29 is 9.72 Å². The van der Waals surface area contributed by atoms with Crippen molar-refractivity contribution in [2.24, 2.45) is 5.73 Å². The standard InChI is InChI=1S/C15H16N4O3S.ClH/c16-11-4-6-18(7-5-11)15(20)13-9-23-14(17-13)10-2-1-3-12(8-10)19(21)22;/h1-3,8-9,11H,4-7,16H2;1H. The maximum Gasteiger partial charge on any atom is 0.273 e. The molecule has 1 aliphatic rings. The predicted molar refractivity (Wildman–Crippen MR) is 94.6 cm³/mol. The van der Waals surface area contributed by atoms with Crippen LogP contribution in [0.3, 0.4) is 0 Å². The molecule has 2 heterocycles. The van der Waals surface area contributed by atoms with E-state index in [0.29, 0.717) is 29.4 Å². The van der Waals surface area contributed by atoms with Crippen LogP contribution in [0.1, 0.15) is 23.3 Å². The molecule has 2 N–H and O–H groups in total. The second kappa shape index (κ2) is 7.69. The second-order valence-corrected chi connectivity index (χ2v) is 6.33. The first kappa shape index (κ1) is 18.3. The van der Waals surface area contributed by atoms with E-state index in [1.807, 2.05) is 0 Å². The smallest absolute Gasteiger partial charge is 0.273 e. The molecule has 2 aromatic rings. The van der Waals surface area contributed by atoms with Crippen molar-refractivity contribution in [1.82, 2.24) is 9.88 Å². The van der Waals surface area contributed by atoms with Gasteiger partial charge >= 0.3 is 0 Å². The second-order valence-electron chi connectivity index (χ2n) is 5.47. The van der Waals surface area contributed by atoms with Crippen molar-refractivity contribution in [1.29, 1.82) is 0 Å². The van der Waals surface area contributed by atoms with Crippen LogP contribution in [0.2, 0.25) is 0 Å². The summed E-state index contributed by atoms with van der Waals surface area (Å²) in [6, 6.07) is 6.42. The molecule has 0 atom stereocenters. The number of likely N-dealkylation sites (tertiary alicyclic amines) is 1. The molecule has 0 radical (unpaired) electrons. The molecule has 0 unspecified atom stereocenters. The van der Waals surface area contributed by atoms with E-state index in [-0.39, 0.29) is 30.0 Å². The number of thiazole rings is 1. The van der Waals surface area contributed by atoms with Gasteiger partial charge in [0, 0.05) is 42.2 Å². The summed E-state index contributed by atoms with van der Waals surface area (Å²) in [6.45, 7) is 1.29. The molecule has 1 aliphatic heterocycles. The van der Waals surface area contributed by atoms with E-state index < -0.39 is 4.92 Å². The Morgan fingerprint density at radius 2 is 2.08 bits per heavy atom. The number of nitrogens with two attached hydrogens (primary N) is 1. The lowest BCUT2D eigenvalue weighted by Gasteiger charge is -2.29. The monoisotopic (exact) mass is 368 g/mol. The molecule has 3 rings (SSSR count). The topological polar surface area (TPSA) is 102 Å². The summed E-state index contributed by atoms with van der Waals surface area (Å²) in [4.78, 5) is 29.0. The number of nitro benzene ring substituents is 1. The number of nitrogens with zero attached hydrogens (tertiary/aromatic N) is 3. The Morgan fingerprint density at radius 1 is 1.38 bits per heavy atom. The van der Waals surface area contributed by atoms with Crippen molar-refractivity contribution in [3.8, 4) is 10.6 Å². The van der Waals surface area contributed by atoms with Gasteiger partial charge in [-0.25, -0.2) is 4.98 Å². The number of carbonyl (C=O) groups excluding carboxylic acids is 1. The molecule has 1 aromatic heterocycles. The van der Waals surface area contributed by atoms with Crippen LogP contribution in [-0.4, -0.2) is 39.8 Å². The van der Waals surface area contributed by atoms with Crippen LogP contribution in [0.25, 0.3) is 10.6 Å². The van der Waals surface area contributed by atoms with Gasteiger partial charge in [0.15, 0.2) is 0 Å². The van der Waals surface area contributed by atoms with Crippen LogP contribution in [0.15, 0.2) is 29.6 Å². The van der Waals surface area contributed by atoms with E-state index in [4.69, 9.17) is 5.73 Å². The van der Waals surface area contributed by atoms with Crippen molar-refractivity contribution in [2.75, 3.05) is 13.1 Å². The Morgan fingerprint density at radius 3 is 2.75 bits per heavy atom. The number of carbonyl (C=O) groups is 1. The molecule has 9 heteroatoms. The van der Waals surface area contributed by atoms with Crippen molar-refractivity contribution in [3.05, 3.63) is 45.5 Å². The van der Waals surface area contributed by atoms with Gasteiger partial charge in [0.1, 0.15) is 10.7 Å². The molecule has 1 aromatic carbocycles. The van der Waals surface area contributed by atoms with Gasteiger partial charge in [-0.15, -0.1) is 23.7 Å². The zero-order valence-corrected chi connectivity index (χ0v) is 14.4. The minimum atomic E-state index is -0.444. The lowest BCUT2D eigenvalue weighted by atomic mass is 10.1. The van der Waals surface area contributed by atoms with Gasteiger partial charge < -0.3 is 10.6 Å². The average molecular weight is 369 g/mol. The summed E-state index contributed by atoms with van der Waals surface area (Å²) in [6.07, 6.45) is 1.60. The normalized spacial score (nSPS) is 15.0. The van der Waals surface area contributed by atoms with Gasteiger partial charge in [0.05, 0.1) is 4.92 Å². The van der Waals surface area contributed by atoms with E-state index in [2.05, 4.69) is 4.98 Å². The first-order valence-electron chi connectivity index (χ1n) is 7.30. The van der Waals surface area contributed by atoms with E-state index in [1.165, 1.54) is 23.5 Å². The number of hydrogen-bond donors (Lipinski definition) is 1. The van der Waals surface area contributed by atoms with Gasteiger partial charge in [-0.3, -0.25) is 14.9 Å². The van der Waals surface area contributed by atoms with Crippen LogP contribution in [0, 0.1) is 10.1 Å². The summed E-state index contributed by atoms with van der Waals surface area (Å²) in [5.41, 5.74) is 6.88. The summed E-state index contributed by atoms with van der Waals surface area (Å²) < 4.78 is 0. The number of amides is 1. The molecule has 0 spiro atoms. The highest BCUT2D eigenvalue weighted by molar-refractivity contribution is 7.13. The Kier molecular flexibility index (Phi) is 5.87. The Hall–Kier alpha value is -2.03. The van der Waals surface area contributed by atoms with E-state index >= 15 is 0 Å². The third-order valence-electron chi connectivity index (χ3n) is 3.85. The van der Waals surface area contributed by atoms with Crippen LogP contribution >= 0.6 is 23.7 Å². The maximum absolute atomic E-state index is 12.4. The van der Waals surface area contributed by atoms with Gasteiger partial charge in [0.2, 0.25) is 0 Å². The van der Waals surface area contributed by atoms with E-state index in [0.717, 1.165) is 12.8 Å². The lowest BCUT2D eigenvalue weighted by Crippen LogP contribution is -2.42. The zero-order chi connectivity index (χ0) is 16.4. The average Bonchev–Trinajstić information content (AvgIpc) is 3.05. The van der Waals surface area contributed by atoms with Gasteiger partial charge in [0.25, 0.3) is 11.6 Å². The highest BCUT2D eigenvalue weighted by Crippen LogP contribution is 2.27. The van der Waals surface area contributed by atoms with Crippen molar-refractivity contribution in [3.63, 3.8) is 0 Å². The first-order chi connectivity index (χ1) is 11.0. The fraction of sp³-hybridized carbons (Fsp3) is 0.333. The minimum absolute atomic E-state index is 0. The molecule has 1 amide bonds. The fourth-order valence-electron chi connectivity index (χ4n) is 2.52. The third-order valence-corrected chi connectivity index (χ3v) is 4.75. The Labute approximate surface area is 149 Å². The number of aromatic nitrogens is 1. The maximum atomic E-state index is 12.4.